The number of nitrogens with zero attached hydrogens (tertiary/aromatic N) is 2. The minimum absolute atomic E-state index is 0.0853. The number of carbonyl (C=O) groups excluding carboxylic acids is 1. The van der Waals surface area contributed by atoms with Crippen LogP contribution in [0.5, 0.6) is 0 Å². The molecule has 0 bridgehead atoms. The van der Waals surface area contributed by atoms with Crippen molar-refractivity contribution < 1.29 is 20.1 Å². The topological polar surface area (TPSA) is 132 Å². The summed E-state index contributed by atoms with van der Waals surface area (Å²) in [5.74, 6) is -0.498. The summed E-state index contributed by atoms with van der Waals surface area (Å²) in [5, 5.41) is 30.7. The summed E-state index contributed by atoms with van der Waals surface area (Å²) >= 11 is 1.13. The quantitative estimate of drug-likeness (QED) is 0.416. The molecule has 0 aliphatic rings. The zero-order valence-corrected chi connectivity index (χ0v) is 13.0. The Morgan fingerprint density at radius 2 is 1.81 bits per heavy atom. The molecule has 0 aliphatic carbocycles. The Hall–Kier alpha value is -1.42. The molecule has 120 valence electrons. The number of amides is 1. The standard InChI is InChI=1S/C12H22N4O4S/c1-3-16(4-2)11-14-9(13)8(21-11)10(20)15-12(5-17,6-18)7-19/h17-19H,3-7,13H2,1-2H3,(H,15,20). The molecule has 1 rings (SSSR count). The molecule has 0 aliphatic heterocycles. The van der Waals surface area contributed by atoms with Crippen molar-refractivity contribution in [1.29, 1.82) is 0 Å². The molecule has 1 amide bonds. The predicted molar refractivity (Wildman–Crippen MR) is 81.5 cm³/mol. The number of aromatic nitrogens is 1. The van der Waals surface area contributed by atoms with Crippen molar-refractivity contribution >= 4 is 28.2 Å². The molecule has 8 nitrogen and oxygen atoms in total. The maximum atomic E-state index is 12.2. The minimum atomic E-state index is -1.48. The third-order valence-corrected chi connectivity index (χ3v) is 4.30. The van der Waals surface area contributed by atoms with Gasteiger partial charge in [-0.05, 0) is 13.8 Å². The summed E-state index contributed by atoms with van der Waals surface area (Å²) < 4.78 is 0. The number of hydrogen-bond acceptors (Lipinski definition) is 8. The highest BCUT2D eigenvalue weighted by molar-refractivity contribution is 7.18. The molecular formula is C12H22N4O4S. The summed E-state index contributed by atoms with van der Waals surface area (Å²) in [4.78, 5) is 18.5. The fraction of sp³-hybridized carbons (Fsp3) is 0.667. The first kappa shape index (κ1) is 17.6. The Kier molecular flexibility index (Phi) is 6.34. The molecule has 0 saturated heterocycles. The Bertz CT molecular complexity index is 464. The van der Waals surface area contributed by atoms with Gasteiger partial charge in [-0.2, -0.15) is 0 Å². The van der Waals surface area contributed by atoms with E-state index < -0.39 is 31.3 Å². The number of aliphatic hydroxyl groups excluding tert-OH is 3. The molecule has 1 heterocycles. The summed E-state index contributed by atoms with van der Waals surface area (Å²) in [6.07, 6.45) is 0. The molecule has 0 fully saturated rings. The number of aliphatic hydroxyl groups is 3. The van der Waals surface area contributed by atoms with E-state index in [1.54, 1.807) is 0 Å². The minimum Gasteiger partial charge on any atom is -0.394 e. The number of thiazole rings is 1. The lowest BCUT2D eigenvalue weighted by Crippen LogP contribution is -2.57. The second-order valence-corrected chi connectivity index (χ2v) is 5.57. The number of carbonyl (C=O) groups is 1. The molecular weight excluding hydrogens is 296 g/mol. The molecule has 9 heteroatoms. The number of nitrogens with two attached hydrogens (primary N) is 1. The molecule has 0 atom stereocenters. The number of anilines is 2. The molecule has 1 aromatic rings. The van der Waals surface area contributed by atoms with Gasteiger partial charge in [-0.15, -0.1) is 0 Å². The Morgan fingerprint density at radius 1 is 1.29 bits per heavy atom. The number of rotatable bonds is 8. The Balaban J connectivity index is 2.98. The second-order valence-electron chi connectivity index (χ2n) is 4.59. The van der Waals surface area contributed by atoms with Crippen molar-refractivity contribution in [2.75, 3.05) is 43.5 Å². The predicted octanol–water partition coefficient (Wildman–Crippen LogP) is -0.983. The Labute approximate surface area is 127 Å². The van der Waals surface area contributed by atoms with Crippen LogP contribution in [0.1, 0.15) is 23.5 Å². The van der Waals surface area contributed by atoms with Gasteiger partial charge in [-0.25, -0.2) is 4.98 Å². The van der Waals surface area contributed by atoms with Crippen LogP contribution in [0.15, 0.2) is 0 Å². The zero-order chi connectivity index (χ0) is 16.0. The van der Waals surface area contributed by atoms with E-state index in [4.69, 9.17) is 5.73 Å². The van der Waals surface area contributed by atoms with E-state index in [0.717, 1.165) is 24.4 Å². The van der Waals surface area contributed by atoms with Gasteiger partial charge in [-0.1, -0.05) is 11.3 Å². The van der Waals surface area contributed by atoms with Crippen LogP contribution in [0.4, 0.5) is 10.9 Å². The number of hydrogen-bond donors (Lipinski definition) is 5. The first-order valence-corrected chi connectivity index (χ1v) is 7.44. The fourth-order valence-corrected chi connectivity index (χ4v) is 2.69. The van der Waals surface area contributed by atoms with Gasteiger partial charge in [0.1, 0.15) is 16.2 Å². The smallest absolute Gasteiger partial charge is 0.265 e. The third-order valence-electron chi connectivity index (χ3n) is 3.17. The van der Waals surface area contributed by atoms with Crippen molar-refractivity contribution in [3.8, 4) is 0 Å². The zero-order valence-electron chi connectivity index (χ0n) is 12.2. The normalized spacial score (nSPS) is 11.5. The lowest BCUT2D eigenvalue weighted by atomic mass is 10.0. The van der Waals surface area contributed by atoms with E-state index in [-0.39, 0.29) is 10.7 Å². The van der Waals surface area contributed by atoms with Crippen LogP contribution in [0, 0.1) is 0 Å². The van der Waals surface area contributed by atoms with E-state index >= 15 is 0 Å². The van der Waals surface area contributed by atoms with Crippen molar-refractivity contribution in [2.45, 2.75) is 19.4 Å². The van der Waals surface area contributed by atoms with Crippen LogP contribution in [0.2, 0.25) is 0 Å². The van der Waals surface area contributed by atoms with Crippen LogP contribution in [0.3, 0.4) is 0 Å². The van der Waals surface area contributed by atoms with E-state index in [1.807, 2.05) is 18.7 Å². The highest BCUT2D eigenvalue weighted by Gasteiger charge is 2.32. The van der Waals surface area contributed by atoms with Crippen LogP contribution in [0.25, 0.3) is 0 Å². The molecule has 1 aromatic heterocycles. The fourth-order valence-electron chi connectivity index (χ4n) is 1.68. The third kappa shape index (κ3) is 3.82. The van der Waals surface area contributed by atoms with Gasteiger partial charge in [0.15, 0.2) is 5.13 Å². The SMILES string of the molecule is CCN(CC)c1nc(N)c(C(=O)NC(CO)(CO)CO)s1. The molecule has 0 unspecified atom stereocenters. The van der Waals surface area contributed by atoms with Crippen LogP contribution in [-0.2, 0) is 0 Å². The molecule has 6 N–H and O–H groups in total. The average Bonchev–Trinajstić information content (AvgIpc) is 2.88. The lowest BCUT2D eigenvalue weighted by Gasteiger charge is -2.28. The highest BCUT2D eigenvalue weighted by atomic mass is 32.1. The van der Waals surface area contributed by atoms with E-state index in [2.05, 4.69) is 10.3 Å². The van der Waals surface area contributed by atoms with Crippen LogP contribution in [-0.4, -0.2) is 64.7 Å². The van der Waals surface area contributed by atoms with Crippen LogP contribution < -0.4 is 16.0 Å². The highest BCUT2D eigenvalue weighted by Crippen LogP contribution is 2.28. The van der Waals surface area contributed by atoms with Gasteiger partial charge in [-0.3, -0.25) is 4.79 Å². The van der Waals surface area contributed by atoms with Crippen molar-refractivity contribution in [2.24, 2.45) is 0 Å². The first-order valence-electron chi connectivity index (χ1n) is 6.63. The Morgan fingerprint density at radius 3 is 2.24 bits per heavy atom. The molecule has 0 radical (unpaired) electrons. The van der Waals surface area contributed by atoms with Crippen molar-refractivity contribution in [3.63, 3.8) is 0 Å². The maximum Gasteiger partial charge on any atom is 0.265 e. The van der Waals surface area contributed by atoms with E-state index in [1.165, 1.54) is 0 Å². The maximum absolute atomic E-state index is 12.2. The first-order chi connectivity index (χ1) is 9.96. The summed E-state index contributed by atoms with van der Waals surface area (Å²) in [7, 11) is 0. The van der Waals surface area contributed by atoms with Crippen molar-refractivity contribution in [3.05, 3.63) is 4.88 Å². The van der Waals surface area contributed by atoms with E-state index in [0.29, 0.717) is 5.13 Å². The molecule has 0 saturated carbocycles. The van der Waals surface area contributed by atoms with Gasteiger partial charge in [0, 0.05) is 13.1 Å². The van der Waals surface area contributed by atoms with Crippen LogP contribution >= 0.6 is 11.3 Å². The van der Waals surface area contributed by atoms with Crippen molar-refractivity contribution in [1.82, 2.24) is 10.3 Å². The largest absolute Gasteiger partial charge is 0.394 e. The molecule has 21 heavy (non-hydrogen) atoms. The van der Waals surface area contributed by atoms with Gasteiger partial charge >= 0.3 is 0 Å². The second kappa shape index (κ2) is 7.55. The summed E-state index contributed by atoms with van der Waals surface area (Å²) in [6, 6.07) is 0. The average molecular weight is 318 g/mol. The molecule has 0 aromatic carbocycles. The monoisotopic (exact) mass is 318 g/mol. The van der Waals surface area contributed by atoms with Gasteiger partial charge < -0.3 is 31.3 Å². The molecule has 0 spiro atoms. The number of nitrogens with one attached hydrogen (secondary N) is 1. The van der Waals surface area contributed by atoms with E-state index in [9.17, 15) is 20.1 Å². The van der Waals surface area contributed by atoms with Gasteiger partial charge in [0.05, 0.1) is 19.8 Å². The lowest BCUT2D eigenvalue weighted by molar-refractivity contribution is 0.0377. The summed E-state index contributed by atoms with van der Waals surface area (Å²) in [6.45, 7) is 3.63. The summed E-state index contributed by atoms with van der Waals surface area (Å²) in [5.41, 5.74) is 4.27. The van der Waals surface area contributed by atoms with Gasteiger partial charge in [0.2, 0.25) is 0 Å². The number of nitrogen functional groups attached to an aromatic ring is 1. The van der Waals surface area contributed by atoms with Gasteiger partial charge in [0.25, 0.3) is 5.91 Å².